The number of nitrogens with one attached hydrogen (secondary N) is 3. The van der Waals surface area contributed by atoms with Crippen LogP contribution in [0, 0.1) is 9.54 Å². The smallest absolute Gasteiger partial charge is 1.00 e. The van der Waals surface area contributed by atoms with Crippen molar-refractivity contribution in [2.45, 2.75) is 39.0 Å². The molecule has 1 rings (SSSR count). The summed E-state index contributed by atoms with van der Waals surface area (Å²) in [5.74, 6) is 0.426. The molecular weight excluding hydrogens is 339 g/mol. The van der Waals surface area contributed by atoms with Gasteiger partial charge in [0.2, 0.25) is 10.7 Å². The van der Waals surface area contributed by atoms with E-state index in [1.54, 1.807) is 0 Å². The molecule has 0 saturated heterocycles. The Labute approximate surface area is 163 Å². The van der Waals surface area contributed by atoms with Crippen molar-refractivity contribution in [3.63, 3.8) is 0 Å². The van der Waals surface area contributed by atoms with E-state index in [2.05, 4.69) is 27.2 Å². The second-order valence-electron chi connectivity index (χ2n) is 4.03. The number of aromatic amines is 2. The molecule has 0 aliphatic heterocycles. The Balaban J connectivity index is 0. The average Bonchev–Trinajstić information content (AvgIpc) is 2.33. The Bertz CT molecular complexity index is 544. The van der Waals surface area contributed by atoms with Gasteiger partial charge in [0.15, 0.2) is 4.77 Å². The molecule has 0 amide bonds. The van der Waals surface area contributed by atoms with Gasteiger partial charge in [0.1, 0.15) is 4.99 Å². The minimum absolute atomic E-state index is 0. The van der Waals surface area contributed by atoms with Gasteiger partial charge in [-0.15, -0.1) is 0 Å². The second-order valence-corrected chi connectivity index (χ2v) is 5.73. The van der Waals surface area contributed by atoms with E-state index in [-0.39, 0.29) is 31.0 Å². The number of thiocarbonyl (C=S) groups is 2. The molecule has 0 atom stereocenters. The number of unbranched alkanes of at least 4 members (excludes halogenated alkanes) is 3. The molecule has 1 aromatic rings. The fraction of sp³-hybridized carbons (Fsp3) is 0.545. The molecule has 9 heteroatoms. The van der Waals surface area contributed by atoms with Crippen LogP contribution in [-0.4, -0.2) is 24.8 Å². The third-order valence-electron chi connectivity index (χ3n) is 2.41. The largest absolute Gasteiger partial charge is 1.00 e. The van der Waals surface area contributed by atoms with E-state index in [1.807, 2.05) is 0 Å². The van der Waals surface area contributed by atoms with Crippen molar-refractivity contribution in [2.75, 3.05) is 5.32 Å². The Morgan fingerprint density at radius 3 is 2.50 bits per heavy atom. The second kappa shape index (κ2) is 11.1. The minimum Gasteiger partial charge on any atom is -1.00 e. The Hall–Kier alpha value is 0.430. The van der Waals surface area contributed by atoms with Gasteiger partial charge in [0.05, 0.1) is 0 Å². The molecular formula is C11H17N4NaS4. The van der Waals surface area contributed by atoms with E-state index in [1.165, 1.54) is 19.3 Å². The van der Waals surface area contributed by atoms with E-state index in [0.717, 1.165) is 17.7 Å². The number of aromatic nitrogens is 3. The third kappa shape index (κ3) is 8.02. The summed E-state index contributed by atoms with van der Waals surface area (Å²) in [6, 6.07) is 0. The first-order chi connectivity index (χ1) is 9.02. The average molecular weight is 357 g/mol. The molecule has 1 aromatic heterocycles. The van der Waals surface area contributed by atoms with Crippen LogP contribution in [0.4, 0.5) is 5.95 Å². The maximum absolute atomic E-state index is 5.29. The van der Waals surface area contributed by atoms with Crippen molar-refractivity contribution >= 4 is 64.7 Å². The van der Waals surface area contributed by atoms with Gasteiger partial charge >= 0.3 is 29.6 Å². The number of H-pyrrole nitrogens is 2. The first-order valence-electron chi connectivity index (χ1n) is 6.07. The molecule has 106 valence electrons. The zero-order valence-corrected chi connectivity index (χ0v) is 16.9. The first-order valence-corrected chi connectivity index (χ1v) is 7.71. The number of anilines is 1. The van der Waals surface area contributed by atoms with Crippen LogP contribution in [0.2, 0.25) is 0 Å². The molecule has 3 N–H and O–H groups in total. The summed E-state index contributed by atoms with van der Waals surface area (Å²) in [5.41, 5.74) is 0. The molecule has 20 heavy (non-hydrogen) atoms. The number of hydrogen-bond acceptors (Lipinski definition) is 5. The van der Waals surface area contributed by atoms with Crippen LogP contribution >= 0.6 is 48.9 Å². The molecule has 0 fully saturated rings. The third-order valence-corrected chi connectivity index (χ3v) is 3.69. The molecule has 0 saturated carbocycles. The number of nitrogens with zero attached hydrogens (tertiary/aromatic N) is 1. The summed E-state index contributed by atoms with van der Waals surface area (Å²) in [7, 11) is 0. The molecule has 4 nitrogen and oxygen atoms in total. The predicted molar refractivity (Wildman–Crippen MR) is 93.3 cm³/mol. The summed E-state index contributed by atoms with van der Waals surface area (Å²) in [5, 5.41) is 2.93. The number of hydrogen-bond donors (Lipinski definition) is 3. The van der Waals surface area contributed by atoms with Gasteiger partial charge in [0.25, 0.3) is 0 Å². The van der Waals surface area contributed by atoms with Crippen molar-refractivity contribution in [2.24, 2.45) is 0 Å². The van der Waals surface area contributed by atoms with Crippen LogP contribution in [0.5, 0.6) is 0 Å². The van der Waals surface area contributed by atoms with Crippen molar-refractivity contribution in [1.29, 1.82) is 0 Å². The van der Waals surface area contributed by atoms with Gasteiger partial charge in [-0.3, -0.25) is 0 Å². The first kappa shape index (κ1) is 20.4. The molecule has 0 unspecified atom stereocenters. The van der Waals surface area contributed by atoms with Gasteiger partial charge in [-0.2, -0.15) is 4.98 Å². The van der Waals surface area contributed by atoms with Crippen LogP contribution in [0.15, 0.2) is 0 Å². The molecule has 0 aliphatic rings. The Morgan fingerprint density at radius 2 is 1.90 bits per heavy atom. The molecule has 0 aliphatic carbocycles. The topological polar surface area (TPSA) is 56.5 Å². The van der Waals surface area contributed by atoms with E-state index in [0.29, 0.717) is 20.5 Å². The zero-order valence-electron chi connectivity index (χ0n) is 12.6. The summed E-state index contributed by atoms with van der Waals surface area (Å²) in [6.45, 7) is 2.18. The molecule has 0 aromatic carbocycles. The van der Waals surface area contributed by atoms with Crippen molar-refractivity contribution < 1.29 is 31.0 Å². The van der Waals surface area contributed by atoms with E-state index < -0.39 is 0 Å². The quantitative estimate of drug-likeness (QED) is 0.390. The molecule has 0 spiro atoms. The van der Waals surface area contributed by atoms with E-state index >= 15 is 0 Å². The standard InChI is InChI=1S/C11H16N4S4.Na.H/c1-2-3-4-5-6-7(16)8(17)12-9-13-10(18)15-11(19)14-9;;/h2-6H2,1H3,(H3,12,13,14,15,17,18,19);;/q;+1;-1. The summed E-state index contributed by atoms with van der Waals surface area (Å²) in [4.78, 5) is 10.8. The fourth-order valence-electron chi connectivity index (χ4n) is 1.46. The van der Waals surface area contributed by atoms with E-state index in [9.17, 15) is 0 Å². The maximum atomic E-state index is 5.29. The van der Waals surface area contributed by atoms with Crippen LogP contribution in [-0.2, 0) is 0 Å². The SMILES string of the molecule is CCCCCCC(=S)C(=S)Nc1nc(=S)[nH]c(=S)[nH]1.[H-].[Na+]. The van der Waals surface area contributed by atoms with Crippen LogP contribution in [0.25, 0.3) is 0 Å². The summed E-state index contributed by atoms with van der Waals surface area (Å²) in [6.07, 6.45) is 5.49. The molecule has 0 bridgehead atoms. The molecule has 1 heterocycles. The maximum Gasteiger partial charge on any atom is 1.00 e. The summed E-state index contributed by atoms with van der Waals surface area (Å²) >= 11 is 20.4. The Kier molecular flexibility index (Phi) is 11.3. The predicted octanol–water partition coefficient (Wildman–Crippen LogP) is 1.39. The van der Waals surface area contributed by atoms with Gasteiger partial charge in [0, 0.05) is 4.86 Å². The summed E-state index contributed by atoms with van der Waals surface area (Å²) < 4.78 is 0.710. The fourth-order valence-corrected chi connectivity index (χ4v) is 2.30. The van der Waals surface area contributed by atoms with Gasteiger partial charge < -0.3 is 16.7 Å². The van der Waals surface area contributed by atoms with Gasteiger partial charge in [-0.1, -0.05) is 50.6 Å². The minimum atomic E-state index is 0. The normalized spacial score (nSPS) is 9.65. The monoisotopic (exact) mass is 356 g/mol. The van der Waals surface area contributed by atoms with Crippen molar-refractivity contribution in [1.82, 2.24) is 15.0 Å². The van der Waals surface area contributed by atoms with Crippen LogP contribution in [0.3, 0.4) is 0 Å². The van der Waals surface area contributed by atoms with Crippen LogP contribution < -0.4 is 34.9 Å². The zero-order chi connectivity index (χ0) is 14.3. The van der Waals surface area contributed by atoms with Gasteiger partial charge in [-0.25, -0.2) is 0 Å². The van der Waals surface area contributed by atoms with Crippen LogP contribution in [0.1, 0.15) is 40.5 Å². The molecule has 0 radical (unpaired) electrons. The van der Waals surface area contributed by atoms with Gasteiger partial charge in [-0.05, 0) is 37.3 Å². The van der Waals surface area contributed by atoms with Crippen molar-refractivity contribution in [3.05, 3.63) is 9.54 Å². The Morgan fingerprint density at radius 1 is 1.20 bits per heavy atom. The number of rotatable bonds is 7. The van der Waals surface area contributed by atoms with E-state index in [4.69, 9.17) is 48.9 Å². The van der Waals surface area contributed by atoms with Crippen molar-refractivity contribution in [3.8, 4) is 0 Å².